The molecule has 0 saturated carbocycles. The molecule has 0 aliphatic carbocycles. The molecule has 0 unspecified atom stereocenters. The normalized spacial score (nSPS) is 15.1. The second-order valence-corrected chi connectivity index (χ2v) is 7.52. The van der Waals surface area contributed by atoms with Crippen molar-refractivity contribution in [1.82, 2.24) is 14.8 Å². The molecule has 2 aromatic carbocycles. The first kappa shape index (κ1) is 18.4. The van der Waals surface area contributed by atoms with Crippen molar-refractivity contribution in [2.24, 2.45) is 0 Å². The zero-order valence-corrected chi connectivity index (χ0v) is 16.1. The molecule has 1 aliphatic heterocycles. The standard InChI is InChI=1S/C23H25N3O2/c1-17-13-20-14-19(7-8-21(20)24-23(17)28)15-22(27)26-11-9-25(10-12-26)16-18-5-3-2-4-6-18/h2-8,13-14H,9-12,15-16H2,1H3,(H,24,28). The van der Waals surface area contributed by atoms with E-state index >= 15 is 0 Å². The highest BCUT2D eigenvalue weighted by molar-refractivity contribution is 5.83. The van der Waals surface area contributed by atoms with E-state index in [2.05, 4.69) is 34.1 Å². The zero-order valence-electron chi connectivity index (χ0n) is 16.1. The summed E-state index contributed by atoms with van der Waals surface area (Å²) in [5, 5.41) is 0.968. The van der Waals surface area contributed by atoms with Crippen LogP contribution in [0, 0.1) is 6.92 Å². The molecule has 2 heterocycles. The van der Waals surface area contributed by atoms with E-state index in [1.54, 1.807) is 6.92 Å². The van der Waals surface area contributed by atoms with Gasteiger partial charge in [0.25, 0.3) is 5.56 Å². The van der Waals surface area contributed by atoms with Crippen LogP contribution in [0.15, 0.2) is 59.4 Å². The molecule has 1 aliphatic rings. The Hall–Kier alpha value is -2.92. The molecule has 0 spiro atoms. The van der Waals surface area contributed by atoms with Crippen LogP contribution in [0.3, 0.4) is 0 Å². The van der Waals surface area contributed by atoms with Gasteiger partial charge in [-0.2, -0.15) is 0 Å². The van der Waals surface area contributed by atoms with E-state index in [4.69, 9.17) is 0 Å². The number of H-pyrrole nitrogens is 1. The number of benzene rings is 2. The molecule has 0 bridgehead atoms. The number of nitrogens with zero attached hydrogens (tertiary/aromatic N) is 2. The minimum atomic E-state index is -0.0651. The van der Waals surface area contributed by atoms with Gasteiger partial charge in [-0.15, -0.1) is 0 Å². The van der Waals surface area contributed by atoms with Gasteiger partial charge in [-0.3, -0.25) is 14.5 Å². The van der Waals surface area contributed by atoms with Crippen molar-refractivity contribution in [2.75, 3.05) is 26.2 Å². The lowest BCUT2D eigenvalue weighted by atomic mass is 10.1. The molecule has 1 aromatic heterocycles. The van der Waals surface area contributed by atoms with Crippen LogP contribution in [0.1, 0.15) is 16.7 Å². The average molecular weight is 375 g/mol. The van der Waals surface area contributed by atoms with Crippen LogP contribution < -0.4 is 5.56 Å². The van der Waals surface area contributed by atoms with Crippen molar-refractivity contribution in [1.29, 1.82) is 0 Å². The van der Waals surface area contributed by atoms with Crippen molar-refractivity contribution < 1.29 is 4.79 Å². The summed E-state index contributed by atoms with van der Waals surface area (Å²) in [6.45, 7) is 6.07. The first-order chi connectivity index (χ1) is 13.6. The van der Waals surface area contributed by atoms with Gasteiger partial charge in [0.05, 0.1) is 6.42 Å². The van der Waals surface area contributed by atoms with E-state index in [0.717, 1.165) is 49.2 Å². The minimum absolute atomic E-state index is 0.0651. The fraction of sp³-hybridized carbons (Fsp3) is 0.304. The molecule has 0 radical (unpaired) electrons. The summed E-state index contributed by atoms with van der Waals surface area (Å²) in [5.41, 5.74) is 3.72. The van der Waals surface area contributed by atoms with Crippen LogP contribution in [0.4, 0.5) is 0 Å². The molecule has 5 heteroatoms. The van der Waals surface area contributed by atoms with Crippen molar-refractivity contribution >= 4 is 16.8 Å². The number of pyridine rings is 1. The molecule has 0 atom stereocenters. The van der Waals surface area contributed by atoms with Gasteiger partial charge >= 0.3 is 0 Å². The molecule has 3 aromatic rings. The van der Waals surface area contributed by atoms with E-state index in [-0.39, 0.29) is 11.5 Å². The van der Waals surface area contributed by atoms with E-state index in [9.17, 15) is 9.59 Å². The molecule has 1 N–H and O–H groups in total. The molecule has 1 amide bonds. The van der Waals surface area contributed by atoms with E-state index in [0.29, 0.717) is 12.0 Å². The monoisotopic (exact) mass is 375 g/mol. The SMILES string of the molecule is Cc1cc2cc(CC(=O)N3CCN(Cc4ccccc4)CC3)ccc2[nH]c1=O. The quantitative estimate of drug-likeness (QED) is 0.763. The van der Waals surface area contributed by atoms with Gasteiger partial charge in [-0.1, -0.05) is 36.4 Å². The van der Waals surface area contributed by atoms with Gasteiger partial charge in [0.15, 0.2) is 0 Å². The number of fused-ring (bicyclic) bond motifs is 1. The molecule has 144 valence electrons. The summed E-state index contributed by atoms with van der Waals surface area (Å²) in [5.74, 6) is 0.167. The number of hydrogen-bond donors (Lipinski definition) is 1. The number of rotatable bonds is 4. The Morgan fingerprint density at radius 1 is 0.964 bits per heavy atom. The highest BCUT2D eigenvalue weighted by Gasteiger charge is 2.21. The number of carbonyl (C=O) groups is 1. The third kappa shape index (κ3) is 4.15. The van der Waals surface area contributed by atoms with Gasteiger partial charge < -0.3 is 9.88 Å². The predicted octanol–water partition coefficient (Wildman–Crippen LogP) is 2.72. The number of amides is 1. The van der Waals surface area contributed by atoms with Gasteiger partial charge in [0, 0.05) is 43.8 Å². The summed E-state index contributed by atoms with van der Waals surface area (Å²) in [7, 11) is 0. The van der Waals surface area contributed by atoms with E-state index in [1.165, 1.54) is 5.56 Å². The van der Waals surface area contributed by atoms with Crippen molar-refractivity contribution in [2.45, 2.75) is 19.9 Å². The first-order valence-corrected chi connectivity index (χ1v) is 9.75. The molecule has 4 rings (SSSR count). The summed E-state index contributed by atoms with van der Waals surface area (Å²) < 4.78 is 0. The van der Waals surface area contributed by atoms with Gasteiger partial charge in [0.1, 0.15) is 0 Å². The molecular formula is C23H25N3O2. The molecule has 1 saturated heterocycles. The number of carbonyl (C=O) groups excluding carboxylic acids is 1. The Morgan fingerprint density at radius 2 is 1.71 bits per heavy atom. The Balaban J connectivity index is 1.36. The van der Waals surface area contributed by atoms with Gasteiger partial charge in [-0.05, 0) is 41.6 Å². The molecule has 1 fully saturated rings. The lowest BCUT2D eigenvalue weighted by Crippen LogP contribution is -2.48. The second-order valence-electron chi connectivity index (χ2n) is 7.52. The maximum atomic E-state index is 12.7. The van der Waals surface area contributed by atoms with Gasteiger partial charge in [0.2, 0.25) is 5.91 Å². The van der Waals surface area contributed by atoms with E-state index < -0.39 is 0 Å². The largest absolute Gasteiger partial charge is 0.340 e. The fourth-order valence-electron chi connectivity index (χ4n) is 3.76. The van der Waals surface area contributed by atoms with Gasteiger partial charge in [-0.25, -0.2) is 0 Å². The third-order valence-electron chi connectivity index (χ3n) is 5.42. The van der Waals surface area contributed by atoms with Crippen LogP contribution in [0.5, 0.6) is 0 Å². The van der Waals surface area contributed by atoms with Crippen LogP contribution in [-0.2, 0) is 17.8 Å². The Bertz CT molecular complexity index is 1030. The second kappa shape index (κ2) is 7.98. The van der Waals surface area contributed by atoms with Crippen LogP contribution in [0.25, 0.3) is 10.9 Å². The number of nitrogens with one attached hydrogen (secondary N) is 1. The Morgan fingerprint density at radius 3 is 2.46 bits per heavy atom. The lowest BCUT2D eigenvalue weighted by molar-refractivity contribution is -0.132. The summed E-state index contributed by atoms with van der Waals surface area (Å²) in [6.07, 6.45) is 0.396. The summed E-state index contributed by atoms with van der Waals surface area (Å²) >= 11 is 0. The number of aromatic nitrogens is 1. The highest BCUT2D eigenvalue weighted by atomic mass is 16.2. The van der Waals surface area contributed by atoms with E-state index in [1.807, 2.05) is 35.2 Å². The maximum absolute atomic E-state index is 12.7. The summed E-state index contributed by atoms with van der Waals surface area (Å²) in [6, 6.07) is 18.1. The van der Waals surface area contributed by atoms with Crippen molar-refractivity contribution in [3.05, 3.63) is 81.6 Å². The van der Waals surface area contributed by atoms with Crippen LogP contribution in [-0.4, -0.2) is 46.9 Å². The predicted molar refractivity (Wildman–Crippen MR) is 111 cm³/mol. The Kier molecular flexibility index (Phi) is 5.26. The lowest BCUT2D eigenvalue weighted by Gasteiger charge is -2.34. The third-order valence-corrected chi connectivity index (χ3v) is 5.42. The number of aromatic amines is 1. The number of hydrogen-bond acceptors (Lipinski definition) is 3. The number of aryl methyl sites for hydroxylation is 1. The number of piperazine rings is 1. The molecular weight excluding hydrogens is 350 g/mol. The highest BCUT2D eigenvalue weighted by Crippen LogP contribution is 2.16. The molecule has 28 heavy (non-hydrogen) atoms. The summed E-state index contributed by atoms with van der Waals surface area (Å²) in [4.78, 5) is 31.7. The Labute approximate surface area is 164 Å². The zero-order chi connectivity index (χ0) is 19.5. The van der Waals surface area contributed by atoms with Crippen LogP contribution in [0.2, 0.25) is 0 Å². The van der Waals surface area contributed by atoms with Crippen molar-refractivity contribution in [3.8, 4) is 0 Å². The maximum Gasteiger partial charge on any atom is 0.251 e. The van der Waals surface area contributed by atoms with Crippen molar-refractivity contribution in [3.63, 3.8) is 0 Å². The topological polar surface area (TPSA) is 56.4 Å². The minimum Gasteiger partial charge on any atom is -0.340 e. The molecule has 5 nitrogen and oxygen atoms in total. The fourth-order valence-corrected chi connectivity index (χ4v) is 3.76. The average Bonchev–Trinajstić information content (AvgIpc) is 2.70. The smallest absolute Gasteiger partial charge is 0.251 e. The van der Waals surface area contributed by atoms with Crippen LogP contribution >= 0.6 is 0 Å². The first-order valence-electron chi connectivity index (χ1n) is 9.75.